The van der Waals surface area contributed by atoms with E-state index in [2.05, 4.69) is 9.71 Å². The average molecular weight is 499 g/mol. The Morgan fingerprint density at radius 1 is 1.09 bits per heavy atom. The normalized spacial score (nSPS) is 15.4. The van der Waals surface area contributed by atoms with Gasteiger partial charge in [-0.25, -0.2) is 22.9 Å². The Balaban J connectivity index is 1.84. The first-order valence-electron chi connectivity index (χ1n) is 12.3. The second kappa shape index (κ2) is 10.1. The lowest BCUT2D eigenvalue weighted by molar-refractivity contribution is 0.0478. The highest BCUT2D eigenvalue weighted by molar-refractivity contribution is 7.89. The summed E-state index contributed by atoms with van der Waals surface area (Å²) < 4.78 is 40.3. The van der Waals surface area contributed by atoms with Gasteiger partial charge in [-0.1, -0.05) is 62.4 Å². The van der Waals surface area contributed by atoms with E-state index in [0.717, 1.165) is 23.8 Å². The number of ether oxygens (including phenoxy) is 1. The number of nitrogens with zero attached hydrogens (tertiary/aromatic N) is 1. The first kappa shape index (κ1) is 25.4. The van der Waals surface area contributed by atoms with Crippen molar-refractivity contribution in [1.29, 1.82) is 0 Å². The first-order valence-corrected chi connectivity index (χ1v) is 13.8. The number of aromatic nitrogens is 1. The third-order valence-electron chi connectivity index (χ3n) is 6.22. The molecular weight excluding hydrogens is 464 g/mol. The predicted octanol–water partition coefficient (Wildman–Crippen LogP) is 5.87. The van der Waals surface area contributed by atoms with Gasteiger partial charge in [0, 0.05) is 22.9 Å². The third kappa shape index (κ3) is 5.76. The molecular formula is C27H34N2O5S. The van der Waals surface area contributed by atoms with Crippen molar-refractivity contribution in [1.82, 2.24) is 9.71 Å². The molecule has 0 atom stereocenters. The predicted molar refractivity (Wildman–Crippen MR) is 136 cm³/mol. The molecule has 7 nitrogen and oxygen atoms in total. The summed E-state index contributed by atoms with van der Waals surface area (Å²) in [7, 11) is -3.76. The Bertz CT molecular complexity index is 1320. The highest BCUT2D eigenvalue weighted by Gasteiger charge is 2.28. The number of sulfonamides is 1. The molecule has 2 aromatic carbocycles. The van der Waals surface area contributed by atoms with Crippen LogP contribution in [0, 0.1) is 5.92 Å². The van der Waals surface area contributed by atoms with Crippen molar-refractivity contribution in [2.75, 3.05) is 6.61 Å². The molecule has 1 N–H and O–H groups in total. The van der Waals surface area contributed by atoms with Crippen LogP contribution < -0.4 is 4.72 Å². The maximum Gasteiger partial charge on any atom is 0.394 e. The highest BCUT2D eigenvalue weighted by atomic mass is 32.2. The van der Waals surface area contributed by atoms with Gasteiger partial charge < -0.3 is 9.15 Å². The third-order valence-corrected chi connectivity index (χ3v) is 8.03. The second-order valence-corrected chi connectivity index (χ2v) is 11.9. The van der Waals surface area contributed by atoms with Crippen LogP contribution in [-0.2, 0) is 21.2 Å². The van der Waals surface area contributed by atoms with Crippen LogP contribution in [0.5, 0.6) is 0 Å². The Morgan fingerprint density at radius 2 is 1.77 bits per heavy atom. The molecule has 0 spiro atoms. The Morgan fingerprint density at radius 3 is 2.43 bits per heavy atom. The number of carbonyl (C=O) groups excluding carboxylic acids is 1. The van der Waals surface area contributed by atoms with Crippen molar-refractivity contribution in [3.05, 3.63) is 48.0 Å². The molecule has 0 bridgehead atoms. The number of hydrogen-bond donors (Lipinski definition) is 1. The number of nitrogens with one attached hydrogen (secondary N) is 1. The van der Waals surface area contributed by atoms with E-state index in [4.69, 9.17) is 9.15 Å². The summed E-state index contributed by atoms with van der Waals surface area (Å²) in [6.45, 7) is 7.40. The van der Waals surface area contributed by atoms with E-state index in [0.29, 0.717) is 29.2 Å². The van der Waals surface area contributed by atoms with Gasteiger partial charge in [0.15, 0.2) is 0 Å². The summed E-state index contributed by atoms with van der Waals surface area (Å²) >= 11 is 0. The lowest BCUT2D eigenvalue weighted by atomic mass is 9.85. The molecule has 1 heterocycles. The number of fused-ring (bicyclic) bond motifs is 1. The molecule has 1 aromatic heterocycles. The van der Waals surface area contributed by atoms with Crippen LogP contribution in [-0.4, -0.2) is 31.5 Å². The minimum atomic E-state index is -3.76. The molecule has 4 rings (SSSR count). The Hall–Kier alpha value is -2.71. The molecule has 0 radical (unpaired) electrons. The fourth-order valence-electron chi connectivity index (χ4n) is 4.80. The lowest BCUT2D eigenvalue weighted by Crippen LogP contribution is -2.40. The maximum absolute atomic E-state index is 13.2. The van der Waals surface area contributed by atoms with E-state index in [9.17, 15) is 13.2 Å². The van der Waals surface area contributed by atoms with E-state index in [1.54, 1.807) is 25.1 Å². The number of esters is 1. The Labute approximate surface area is 207 Å². The summed E-state index contributed by atoms with van der Waals surface area (Å²) in [4.78, 5) is 17.2. The zero-order valence-electron chi connectivity index (χ0n) is 20.9. The van der Waals surface area contributed by atoms with Gasteiger partial charge in [0.05, 0.1) is 11.5 Å². The Kier molecular flexibility index (Phi) is 7.33. The minimum absolute atomic E-state index is 0.0668. The van der Waals surface area contributed by atoms with Crippen LogP contribution in [0.25, 0.3) is 22.0 Å². The molecule has 188 valence electrons. The topological polar surface area (TPSA) is 98.5 Å². The fraction of sp³-hybridized carbons (Fsp3) is 0.481. The van der Waals surface area contributed by atoms with Crippen LogP contribution in [0.4, 0.5) is 0 Å². The van der Waals surface area contributed by atoms with E-state index in [1.807, 2.05) is 39.0 Å². The van der Waals surface area contributed by atoms with Gasteiger partial charge in [-0.3, -0.25) is 0 Å². The minimum Gasteiger partial charge on any atom is -0.459 e. The van der Waals surface area contributed by atoms with Crippen molar-refractivity contribution in [2.24, 2.45) is 5.92 Å². The first-order chi connectivity index (χ1) is 16.6. The van der Waals surface area contributed by atoms with Crippen molar-refractivity contribution in [2.45, 2.75) is 76.7 Å². The molecule has 1 fully saturated rings. The van der Waals surface area contributed by atoms with Gasteiger partial charge in [0.25, 0.3) is 0 Å². The van der Waals surface area contributed by atoms with E-state index in [-0.39, 0.29) is 17.4 Å². The SMILES string of the molecule is CCOC(=O)c1nc(-c2ccc(S(=O)(=O)NC(C)(C)C)c3ccccc23)c(CC2CCCCC2)o1. The molecule has 35 heavy (non-hydrogen) atoms. The molecule has 0 saturated heterocycles. The smallest absolute Gasteiger partial charge is 0.394 e. The largest absolute Gasteiger partial charge is 0.459 e. The van der Waals surface area contributed by atoms with E-state index >= 15 is 0 Å². The molecule has 3 aromatic rings. The van der Waals surface area contributed by atoms with Gasteiger partial charge in [-0.15, -0.1) is 0 Å². The van der Waals surface area contributed by atoms with Gasteiger partial charge >= 0.3 is 11.9 Å². The van der Waals surface area contributed by atoms with Crippen LogP contribution in [0.2, 0.25) is 0 Å². The van der Waals surface area contributed by atoms with Crippen LogP contribution >= 0.6 is 0 Å². The summed E-state index contributed by atoms with van der Waals surface area (Å²) in [6.07, 6.45) is 6.54. The van der Waals surface area contributed by atoms with Gasteiger partial charge in [-0.2, -0.15) is 0 Å². The number of hydrogen-bond acceptors (Lipinski definition) is 6. The van der Waals surface area contributed by atoms with Crippen LogP contribution in [0.3, 0.4) is 0 Å². The molecule has 0 unspecified atom stereocenters. The molecule has 0 aliphatic heterocycles. The molecule has 1 saturated carbocycles. The summed E-state index contributed by atoms with van der Waals surface area (Å²) in [5, 5.41) is 1.32. The van der Waals surface area contributed by atoms with Crippen molar-refractivity contribution in [3.63, 3.8) is 0 Å². The zero-order chi connectivity index (χ0) is 25.2. The van der Waals surface area contributed by atoms with Gasteiger partial charge in [0.1, 0.15) is 11.5 Å². The van der Waals surface area contributed by atoms with E-state index in [1.165, 1.54) is 19.3 Å². The van der Waals surface area contributed by atoms with E-state index < -0.39 is 21.5 Å². The van der Waals surface area contributed by atoms with Gasteiger partial charge in [-0.05, 0) is 45.1 Å². The van der Waals surface area contributed by atoms with Crippen LogP contribution in [0.1, 0.15) is 76.2 Å². The number of carbonyl (C=O) groups is 1. The van der Waals surface area contributed by atoms with Crippen molar-refractivity contribution >= 4 is 26.8 Å². The lowest BCUT2D eigenvalue weighted by Gasteiger charge is -2.22. The highest BCUT2D eigenvalue weighted by Crippen LogP contribution is 2.37. The summed E-state index contributed by atoms with van der Waals surface area (Å²) in [5.74, 6) is 0.449. The number of benzene rings is 2. The molecule has 1 aliphatic carbocycles. The van der Waals surface area contributed by atoms with Crippen molar-refractivity contribution < 1.29 is 22.4 Å². The number of oxazole rings is 1. The summed E-state index contributed by atoms with van der Waals surface area (Å²) in [5.41, 5.74) is 0.690. The fourth-order valence-corrected chi connectivity index (χ4v) is 6.44. The molecule has 0 amide bonds. The molecule has 8 heteroatoms. The standard InChI is InChI=1S/C27H34N2O5S/c1-5-33-26(30)25-28-24(22(34-25)17-18-11-7-6-8-12-18)21-15-16-23(20-14-10-9-13-19(20)21)35(31,32)29-27(2,3)4/h9-10,13-16,18,29H,5-8,11-12,17H2,1-4H3. The quantitative estimate of drug-likeness (QED) is 0.409. The maximum atomic E-state index is 13.2. The second-order valence-electron chi connectivity index (χ2n) is 10.2. The summed E-state index contributed by atoms with van der Waals surface area (Å²) in [6, 6.07) is 10.7. The average Bonchev–Trinajstić information content (AvgIpc) is 3.21. The zero-order valence-corrected chi connectivity index (χ0v) is 21.7. The monoisotopic (exact) mass is 498 g/mol. The van der Waals surface area contributed by atoms with Crippen LogP contribution in [0.15, 0.2) is 45.7 Å². The van der Waals surface area contributed by atoms with Gasteiger partial charge in [0.2, 0.25) is 10.0 Å². The van der Waals surface area contributed by atoms with Crippen molar-refractivity contribution in [3.8, 4) is 11.3 Å². The number of rotatable bonds is 7. The molecule has 1 aliphatic rings.